The van der Waals surface area contributed by atoms with E-state index in [0.29, 0.717) is 11.6 Å². The number of hydrogen-bond donors (Lipinski definition) is 1. The van der Waals surface area contributed by atoms with E-state index in [1.165, 1.54) is 4.90 Å². The fourth-order valence-electron chi connectivity index (χ4n) is 1.13. The predicted molar refractivity (Wildman–Crippen MR) is 48.4 cm³/mol. The van der Waals surface area contributed by atoms with Gasteiger partial charge < -0.3 is 10.2 Å². The smallest absolute Gasteiger partial charge is 0.308 e. The van der Waals surface area contributed by atoms with Crippen LogP contribution >= 0.6 is 0 Å². The molecule has 1 aliphatic rings. The van der Waals surface area contributed by atoms with Crippen molar-refractivity contribution in [3.8, 4) is 0 Å². The number of allylic oxidation sites excluding steroid dienone is 1. The summed E-state index contributed by atoms with van der Waals surface area (Å²) >= 11 is 0. The molecule has 0 atom stereocenters. The van der Waals surface area contributed by atoms with Gasteiger partial charge in [0.2, 0.25) is 0 Å². The van der Waals surface area contributed by atoms with Crippen molar-refractivity contribution in [3.05, 3.63) is 24.0 Å². The van der Waals surface area contributed by atoms with E-state index in [-0.39, 0.29) is 6.03 Å². The molecule has 1 N–H and O–H groups in total. The lowest BCUT2D eigenvalue weighted by Crippen LogP contribution is -2.38. The monoisotopic (exact) mass is 166 g/mol. The van der Waals surface area contributed by atoms with Crippen LogP contribution in [0.5, 0.6) is 0 Å². The van der Waals surface area contributed by atoms with Crippen molar-refractivity contribution in [2.24, 2.45) is 5.92 Å². The summed E-state index contributed by atoms with van der Waals surface area (Å²) in [6.45, 7) is 7.92. The highest BCUT2D eigenvalue weighted by Gasteiger charge is 2.18. The van der Waals surface area contributed by atoms with E-state index in [1.807, 2.05) is 6.20 Å². The second-order valence-corrected chi connectivity index (χ2v) is 3.26. The Balaban J connectivity index is 2.93. The number of nitrogens with one attached hydrogen (secondary N) is 1. The molecule has 0 aromatic carbocycles. The fourth-order valence-corrected chi connectivity index (χ4v) is 1.13. The summed E-state index contributed by atoms with van der Waals surface area (Å²) < 4.78 is 0. The molecule has 1 rings (SSSR count). The lowest BCUT2D eigenvalue weighted by atomic mass is 10.0. The average Bonchev–Trinajstić information content (AvgIpc) is 1.96. The maximum Gasteiger partial charge on any atom is 0.325 e. The summed E-state index contributed by atoms with van der Waals surface area (Å²) in [6.07, 6.45) is 1.83. The molecule has 0 saturated heterocycles. The molecule has 3 heteroatoms. The number of nitrogens with zero attached hydrogens (tertiary/aromatic N) is 1. The van der Waals surface area contributed by atoms with Crippen LogP contribution in [0.25, 0.3) is 0 Å². The van der Waals surface area contributed by atoms with Crippen LogP contribution in [0.3, 0.4) is 0 Å². The van der Waals surface area contributed by atoms with E-state index in [1.54, 1.807) is 7.05 Å². The Morgan fingerprint density at radius 3 is 2.67 bits per heavy atom. The van der Waals surface area contributed by atoms with E-state index in [2.05, 4.69) is 25.7 Å². The maximum absolute atomic E-state index is 11.1. The summed E-state index contributed by atoms with van der Waals surface area (Å²) in [5, 5.41) is 2.68. The van der Waals surface area contributed by atoms with Gasteiger partial charge in [-0.3, -0.25) is 0 Å². The van der Waals surface area contributed by atoms with Crippen LogP contribution in [0.1, 0.15) is 13.8 Å². The van der Waals surface area contributed by atoms with Crippen LogP contribution in [0.2, 0.25) is 0 Å². The van der Waals surface area contributed by atoms with Crippen molar-refractivity contribution < 1.29 is 4.79 Å². The van der Waals surface area contributed by atoms with Crippen molar-refractivity contribution in [3.63, 3.8) is 0 Å². The predicted octanol–water partition coefficient (Wildman–Crippen LogP) is 1.70. The zero-order valence-corrected chi connectivity index (χ0v) is 7.72. The highest BCUT2D eigenvalue weighted by atomic mass is 16.2. The molecular weight excluding hydrogens is 152 g/mol. The van der Waals surface area contributed by atoms with Crippen molar-refractivity contribution in [1.29, 1.82) is 0 Å². The summed E-state index contributed by atoms with van der Waals surface area (Å²) in [7, 11) is 1.73. The van der Waals surface area contributed by atoms with Gasteiger partial charge in [0, 0.05) is 18.9 Å². The van der Waals surface area contributed by atoms with Gasteiger partial charge >= 0.3 is 6.03 Å². The minimum Gasteiger partial charge on any atom is -0.308 e. The van der Waals surface area contributed by atoms with Crippen LogP contribution in [0, 0.1) is 5.92 Å². The molecule has 0 bridgehead atoms. The Morgan fingerprint density at radius 2 is 2.17 bits per heavy atom. The quantitative estimate of drug-likeness (QED) is 0.631. The van der Waals surface area contributed by atoms with Crippen LogP contribution in [0.15, 0.2) is 24.0 Å². The van der Waals surface area contributed by atoms with Gasteiger partial charge in [0.1, 0.15) is 0 Å². The van der Waals surface area contributed by atoms with Gasteiger partial charge in [-0.05, 0) is 11.5 Å². The largest absolute Gasteiger partial charge is 0.325 e. The Morgan fingerprint density at radius 1 is 1.58 bits per heavy atom. The molecule has 0 spiro atoms. The second kappa shape index (κ2) is 3.01. The molecule has 1 heterocycles. The highest BCUT2D eigenvalue weighted by Crippen LogP contribution is 2.19. The van der Waals surface area contributed by atoms with E-state index in [9.17, 15) is 4.79 Å². The van der Waals surface area contributed by atoms with E-state index in [0.717, 1.165) is 5.57 Å². The molecule has 2 amide bonds. The van der Waals surface area contributed by atoms with Crippen LogP contribution < -0.4 is 5.32 Å². The lowest BCUT2D eigenvalue weighted by Gasteiger charge is -2.25. The number of carbonyl (C=O) groups excluding carboxylic acids is 1. The van der Waals surface area contributed by atoms with E-state index >= 15 is 0 Å². The zero-order chi connectivity index (χ0) is 9.30. The third-order valence-corrected chi connectivity index (χ3v) is 1.88. The Kier molecular flexibility index (Phi) is 2.22. The fraction of sp³-hybridized carbons (Fsp3) is 0.444. The molecule has 12 heavy (non-hydrogen) atoms. The first-order chi connectivity index (χ1) is 5.52. The molecule has 0 radical (unpaired) electrons. The average molecular weight is 166 g/mol. The third kappa shape index (κ3) is 1.49. The lowest BCUT2D eigenvalue weighted by molar-refractivity contribution is 0.222. The van der Waals surface area contributed by atoms with E-state index in [4.69, 9.17) is 0 Å². The molecule has 0 aromatic heterocycles. The molecule has 0 unspecified atom stereocenters. The van der Waals surface area contributed by atoms with Crippen molar-refractivity contribution in [2.45, 2.75) is 13.8 Å². The van der Waals surface area contributed by atoms with Gasteiger partial charge in [0.15, 0.2) is 0 Å². The normalized spacial score (nSPS) is 18.0. The molecule has 0 fully saturated rings. The molecule has 0 aliphatic carbocycles. The number of carbonyl (C=O) groups is 1. The molecule has 0 aromatic rings. The van der Waals surface area contributed by atoms with E-state index < -0.39 is 0 Å². The van der Waals surface area contributed by atoms with Crippen LogP contribution in [0.4, 0.5) is 4.79 Å². The number of hydrogen-bond acceptors (Lipinski definition) is 1. The third-order valence-electron chi connectivity index (χ3n) is 1.88. The van der Waals surface area contributed by atoms with Gasteiger partial charge in [-0.1, -0.05) is 20.4 Å². The maximum atomic E-state index is 11.1. The standard InChI is InChI=1S/C9H14N2O/c1-6(2)8-5-11(4)9(12)10-7(8)3/h5-6H,3H2,1-2,4H3,(H,10,12). The Hall–Kier alpha value is -1.25. The summed E-state index contributed by atoms with van der Waals surface area (Å²) in [5.74, 6) is 0.389. The van der Waals surface area contributed by atoms with Gasteiger partial charge in [-0.15, -0.1) is 0 Å². The number of urea groups is 1. The van der Waals surface area contributed by atoms with Crippen LogP contribution in [-0.4, -0.2) is 18.0 Å². The second-order valence-electron chi connectivity index (χ2n) is 3.26. The van der Waals surface area contributed by atoms with Crippen molar-refractivity contribution in [1.82, 2.24) is 10.2 Å². The number of rotatable bonds is 1. The minimum atomic E-state index is -0.121. The molecular formula is C9H14N2O. The first kappa shape index (κ1) is 8.84. The van der Waals surface area contributed by atoms with Crippen molar-refractivity contribution >= 4 is 6.03 Å². The van der Waals surface area contributed by atoms with Gasteiger partial charge in [0.05, 0.1) is 0 Å². The zero-order valence-electron chi connectivity index (χ0n) is 7.72. The summed E-state index contributed by atoms with van der Waals surface area (Å²) in [5.41, 5.74) is 1.80. The van der Waals surface area contributed by atoms with Gasteiger partial charge in [-0.2, -0.15) is 0 Å². The Bertz CT molecular complexity index is 253. The minimum absolute atomic E-state index is 0.121. The molecule has 66 valence electrons. The first-order valence-corrected chi connectivity index (χ1v) is 3.97. The topological polar surface area (TPSA) is 32.3 Å². The molecule has 1 aliphatic heterocycles. The van der Waals surface area contributed by atoms with Gasteiger partial charge in [-0.25, -0.2) is 4.79 Å². The molecule has 0 saturated carbocycles. The number of amides is 2. The first-order valence-electron chi connectivity index (χ1n) is 3.97. The SMILES string of the molecule is C=C1NC(=O)N(C)C=C1C(C)C. The van der Waals surface area contributed by atoms with Gasteiger partial charge in [0.25, 0.3) is 0 Å². The molecule has 3 nitrogen and oxygen atoms in total. The highest BCUT2D eigenvalue weighted by molar-refractivity contribution is 5.79. The summed E-state index contributed by atoms with van der Waals surface area (Å²) in [4.78, 5) is 12.6. The summed E-state index contributed by atoms with van der Waals surface area (Å²) in [6, 6.07) is -0.121. The van der Waals surface area contributed by atoms with Crippen LogP contribution in [-0.2, 0) is 0 Å². The Labute approximate surface area is 72.7 Å². The van der Waals surface area contributed by atoms with Crippen molar-refractivity contribution in [2.75, 3.05) is 7.05 Å².